The Morgan fingerprint density at radius 3 is 2.45 bits per heavy atom. The fourth-order valence-electron chi connectivity index (χ4n) is 3.04. The Morgan fingerprint density at radius 1 is 1.27 bits per heavy atom. The zero-order valence-electron chi connectivity index (χ0n) is 14.0. The van der Waals surface area contributed by atoms with Gasteiger partial charge in [-0.25, -0.2) is 12.7 Å². The standard InChI is InChI=1S/C15H30N2O4S/c1-4-13(5-2)12-22(20,21)17-9-6-7-14(8-10-17)16(3)11-15(18)19/h13-14H,4-12H2,1-3H3,(H,18,19). The quantitative estimate of drug-likeness (QED) is 0.730. The highest BCUT2D eigenvalue weighted by Gasteiger charge is 2.29. The molecule has 0 radical (unpaired) electrons. The molecule has 1 aliphatic rings. The number of carboxylic acid groups (broad SMARTS) is 1. The molecule has 1 aliphatic heterocycles. The maximum Gasteiger partial charge on any atom is 0.317 e. The van der Waals surface area contributed by atoms with Crippen LogP contribution in [0.15, 0.2) is 0 Å². The SMILES string of the molecule is CCC(CC)CS(=O)(=O)N1CCCC(N(C)CC(=O)O)CC1. The number of carbonyl (C=O) groups is 1. The predicted octanol–water partition coefficient (Wildman–Crippen LogP) is 1.62. The summed E-state index contributed by atoms with van der Waals surface area (Å²) in [6, 6.07) is 0.143. The highest BCUT2D eigenvalue weighted by atomic mass is 32.2. The van der Waals surface area contributed by atoms with Gasteiger partial charge in [0.25, 0.3) is 0 Å². The van der Waals surface area contributed by atoms with Crippen LogP contribution in [0.5, 0.6) is 0 Å². The van der Waals surface area contributed by atoms with Crippen molar-refractivity contribution in [1.29, 1.82) is 0 Å². The lowest BCUT2D eigenvalue weighted by atomic mass is 10.1. The molecule has 130 valence electrons. The third kappa shape index (κ3) is 5.85. The van der Waals surface area contributed by atoms with E-state index in [9.17, 15) is 13.2 Å². The van der Waals surface area contributed by atoms with Crippen molar-refractivity contribution in [2.75, 3.05) is 32.4 Å². The molecule has 1 N–H and O–H groups in total. The first kappa shape index (κ1) is 19.4. The van der Waals surface area contributed by atoms with Gasteiger partial charge in [-0.1, -0.05) is 26.7 Å². The molecular weight excluding hydrogens is 304 g/mol. The van der Waals surface area contributed by atoms with Crippen LogP contribution in [-0.4, -0.2) is 67.2 Å². The maximum absolute atomic E-state index is 12.5. The minimum Gasteiger partial charge on any atom is -0.480 e. The maximum atomic E-state index is 12.5. The van der Waals surface area contributed by atoms with Crippen LogP contribution in [0.4, 0.5) is 0 Å². The van der Waals surface area contributed by atoms with E-state index in [1.807, 2.05) is 18.7 Å². The molecule has 1 saturated heterocycles. The Morgan fingerprint density at radius 2 is 1.91 bits per heavy atom. The number of rotatable bonds is 8. The van der Waals surface area contributed by atoms with E-state index in [1.54, 1.807) is 11.4 Å². The molecule has 1 unspecified atom stereocenters. The van der Waals surface area contributed by atoms with E-state index in [4.69, 9.17) is 5.11 Å². The van der Waals surface area contributed by atoms with Gasteiger partial charge in [-0.3, -0.25) is 9.69 Å². The molecule has 0 amide bonds. The lowest BCUT2D eigenvalue weighted by Crippen LogP contribution is -2.38. The van der Waals surface area contributed by atoms with Gasteiger partial charge in [-0.05, 0) is 32.2 Å². The van der Waals surface area contributed by atoms with E-state index in [1.165, 1.54) is 0 Å². The summed E-state index contributed by atoms with van der Waals surface area (Å²) >= 11 is 0. The first-order valence-electron chi connectivity index (χ1n) is 8.20. The summed E-state index contributed by atoms with van der Waals surface area (Å²) < 4.78 is 26.7. The number of hydrogen-bond donors (Lipinski definition) is 1. The molecule has 1 rings (SSSR count). The van der Waals surface area contributed by atoms with Crippen LogP contribution in [0.3, 0.4) is 0 Å². The van der Waals surface area contributed by atoms with Crippen LogP contribution in [0.25, 0.3) is 0 Å². The van der Waals surface area contributed by atoms with E-state index in [2.05, 4.69) is 0 Å². The van der Waals surface area contributed by atoms with Crippen molar-refractivity contribution >= 4 is 16.0 Å². The minimum absolute atomic E-state index is 0.00512. The van der Waals surface area contributed by atoms with Gasteiger partial charge in [0.2, 0.25) is 10.0 Å². The molecule has 1 fully saturated rings. The normalized spacial score (nSPS) is 21.2. The van der Waals surface area contributed by atoms with Gasteiger partial charge in [-0.15, -0.1) is 0 Å². The van der Waals surface area contributed by atoms with E-state index in [-0.39, 0.29) is 24.3 Å². The van der Waals surface area contributed by atoms with Crippen LogP contribution in [-0.2, 0) is 14.8 Å². The zero-order chi connectivity index (χ0) is 16.8. The highest BCUT2D eigenvalue weighted by molar-refractivity contribution is 7.89. The summed E-state index contributed by atoms with van der Waals surface area (Å²) in [5.41, 5.74) is 0. The monoisotopic (exact) mass is 334 g/mol. The van der Waals surface area contributed by atoms with Crippen molar-refractivity contribution in [3.05, 3.63) is 0 Å². The Bertz CT molecular complexity index is 448. The molecule has 1 atom stereocenters. The molecule has 0 spiro atoms. The van der Waals surface area contributed by atoms with Crippen LogP contribution >= 0.6 is 0 Å². The number of hydrogen-bond acceptors (Lipinski definition) is 4. The second kappa shape index (κ2) is 8.84. The fourth-order valence-corrected chi connectivity index (χ4v) is 5.11. The van der Waals surface area contributed by atoms with Crippen molar-refractivity contribution < 1.29 is 18.3 Å². The molecule has 22 heavy (non-hydrogen) atoms. The van der Waals surface area contributed by atoms with Crippen molar-refractivity contribution in [3.8, 4) is 0 Å². The van der Waals surface area contributed by atoms with Gasteiger partial charge in [0.05, 0.1) is 12.3 Å². The van der Waals surface area contributed by atoms with Gasteiger partial charge < -0.3 is 5.11 Å². The third-order valence-electron chi connectivity index (χ3n) is 4.66. The van der Waals surface area contributed by atoms with Gasteiger partial charge in [0.1, 0.15) is 0 Å². The summed E-state index contributed by atoms with van der Waals surface area (Å²) in [6.45, 7) is 5.12. The molecule has 6 nitrogen and oxygen atoms in total. The average Bonchev–Trinajstić information content (AvgIpc) is 2.70. The molecule has 0 aromatic carbocycles. The predicted molar refractivity (Wildman–Crippen MR) is 87.3 cm³/mol. The van der Waals surface area contributed by atoms with E-state index in [0.29, 0.717) is 19.5 Å². The Labute approximate surface area is 134 Å². The number of nitrogens with zero attached hydrogens (tertiary/aromatic N) is 2. The second-order valence-electron chi connectivity index (χ2n) is 6.25. The smallest absolute Gasteiger partial charge is 0.317 e. The molecule has 7 heteroatoms. The molecular formula is C15H30N2O4S. The largest absolute Gasteiger partial charge is 0.480 e. The second-order valence-corrected chi connectivity index (χ2v) is 8.27. The number of aliphatic carboxylic acids is 1. The topological polar surface area (TPSA) is 77.9 Å². The van der Waals surface area contributed by atoms with Gasteiger partial charge in [-0.2, -0.15) is 0 Å². The molecule has 0 aromatic heterocycles. The lowest BCUT2D eigenvalue weighted by molar-refractivity contribution is -0.138. The number of likely N-dealkylation sites (N-methyl/N-ethyl adjacent to an activating group) is 1. The van der Waals surface area contributed by atoms with Crippen molar-refractivity contribution in [2.45, 2.75) is 52.0 Å². The van der Waals surface area contributed by atoms with Crippen LogP contribution in [0.2, 0.25) is 0 Å². The Balaban J connectivity index is 2.63. The average molecular weight is 334 g/mol. The van der Waals surface area contributed by atoms with Crippen LogP contribution < -0.4 is 0 Å². The Hall–Kier alpha value is -0.660. The van der Waals surface area contributed by atoms with E-state index in [0.717, 1.165) is 25.7 Å². The minimum atomic E-state index is -3.20. The molecule has 0 saturated carbocycles. The van der Waals surface area contributed by atoms with Crippen molar-refractivity contribution in [2.24, 2.45) is 5.92 Å². The lowest BCUT2D eigenvalue weighted by Gasteiger charge is -2.26. The number of carboxylic acids is 1. The highest BCUT2D eigenvalue weighted by Crippen LogP contribution is 2.20. The van der Waals surface area contributed by atoms with E-state index >= 15 is 0 Å². The van der Waals surface area contributed by atoms with E-state index < -0.39 is 16.0 Å². The van der Waals surface area contributed by atoms with Gasteiger partial charge in [0, 0.05) is 19.1 Å². The molecule has 1 heterocycles. The van der Waals surface area contributed by atoms with Crippen molar-refractivity contribution in [1.82, 2.24) is 9.21 Å². The zero-order valence-corrected chi connectivity index (χ0v) is 14.8. The third-order valence-corrected chi connectivity index (χ3v) is 6.70. The van der Waals surface area contributed by atoms with Crippen LogP contribution in [0.1, 0.15) is 46.0 Å². The molecule has 0 aliphatic carbocycles. The fraction of sp³-hybridized carbons (Fsp3) is 0.933. The van der Waals surface area contributed by atoms with Gasteiger partial charge >= 0.3 is 5.97 Å². The van der Waals surface area contributed by atoms with Crippen LogP contribution in [0, 0.1) is 5.92 Å². The summed E-state index contributed by atoms with van der Waals surface area (Å²) in [7, 11) is -1.41. The Kier molecular flexibility index (Phi) is 7.79. The summed E-state index contributed by atoms with van der Waals surface area (Å²) in [4.78, 5) is 12.6. The number of sulfonamides is 1. The first-order valence-corrected chi connectivity index (χ1v) is 9.80. The molecule has 0 aromatic rings. The summed E-state index contributed by atoms with van der Waals surface area (Å²) in [6.07, 6.45) is 4.10. The van der Waals surface area contributed by atoms with Gasteiger partial charge in [0.15, 0.2) is 0 Å². The van der Waals surface area contributed by atoms with Crippen molar-refractivity contribution in [3.63, 3.8) is 0 Å². The summed E-state index contributed by atoms with van der Waals surface area (Å²) in [5, 5.41) is 8.87. The molecule has 0 bridgehead atoms. The first-order chi connectivity index (χ1) is 10.3. The summed E-state index contributed by atoms with van der Waals surface area (Å²) in [5.74, 6) is -0.390.